The third kappa shape index (κ3) is 2.54. The summed E-state index contributed by atoms with van der Waals surface area (Å²) < 4.78 is 5.45. The number of ketones is 1. The minimum Gasteiger partial charge on any atom is -0.490 e. The quantitative estimate of drug-likeness (QED) is 0.667. The van der Waals surface area contributed by atoms with Crippen LogP contribution in [-0.2, 0) is 0 Å². The molecule has 0 radical (unpaired) electrons. The van der Waals surface area contributed by atoms with Crippen molar-refractivity contribution in [1.29, 1.82) is 0 Å². The van der Waals surface area contributed by atoms with Gasteiger partial charge in [-0.05, 0) is 26.8 Å². The Kier molecular flexibility index (Phi) is 3.01. The molecule has 0 saturated carbocycles. The van der Waals surface area contributed by atoms with E-state index in [0.717, 1.165) is 0 Å². The molecule has 0 atom stereocenters. The monoisotopic (exact) mass is 179 g/mol. The zero-order valence-electron chi connectivity index (χ0n) is 8.07. The lowest BCUT2D eigenvalue weighted by Crippen LogP contribution is -2.09. The summed E-state index contributed by atoms with van der Waals surface area (Å²) in [6.45, 7) is 5.35. The molecule has 1 aromatic heterocycles. The first-order chi connectivity index (χ1) is 6.11. The third-order valence-electron chi connectivity index (χ3n) is 1.52. The Balaban J connectivity index is 2.98. The highest BCUT2D eigenvalue weighted by Gasteiger charge is 2.08. The average Bonchev–Trinajstić information content (AvgIpc) is 2.03. The van der Waals surface area contributed by atoms with Crippen LogP contribution in [0, 0.1) is 0 Å². The molecular weight excluding hydrogens is 166 g/mol. The third-order valence-corrected chi connectivity index (χ3v) is 1.52. The van der Waals surface area contributed by atoms with Crippen molar-refractivity contribution in [2.75, 3.05) is 0 Å². The van der Waals surface area contributed by atoms with E-state index in [-0.39, 0.29) is 11.9 Å². The number of nitrogens with zero attached hydrogens (tertiary/aromatic N) is 1. The summed E-state index contributed by atoms with van der Waals surface area (Å²) in [4.78, 5) is 15.0. The number of carbonyl (C=O) groups is 1. The van der Waals surface area contributed by atoms with Crippen molar-refractivity contribution >= 4 is 5.78 Å². The summed E-state index contributed by atoms with van der Waals surface area (Å²) in [6.07, 6.45) is 3.21. The van der Waals surface area contributed by atoms with E-state index in [9.17, 15) is 4.79 Å². The van der Waals surface area contributed by atoms with E-state index in [0.29, 0.717) is 11.3 Å². The fraction of sp³-hybridized carbons (Fsp3) is 0.400. The summed E-state index contributed by atoms with van der Waals surface area (Å²) in [5.74, 6) is 0.584. The van der Waals surface area contributed by atoms with E-state index in [1.54, 1.807) is 12.3 Å². The average molecular weight is 179 g/mol. The van der Waals surface area contributed by atoms with Gasteiger partial charge in [-0.15, -0.1) is 0 Å². The van der Waals surface area contributed by atoms with Gasteiger partial charge in [-0.1, -0.05) is 0 Å². The highest BCUT2D eigenvalue weighted by molar-refractivity contribution is 5.96. The van der Waals surface area contributed by atoms with Crippen molar-refractivity contribution in [3.8, 4) is 5.75 Å². The Morgan fingerprint density at radius 1 is 1.54 bits per heavy atom. The topological polar surface area (TPSA) is 39.2 Å². The Morgan fingerprint density at radius 2 is 2.23 bits per heavy atom. The molecule has 0 aliphatic carbocycles. The van der Waals surface area contributed by atoms with E-state index in [2.05, 4.69) is 4.98 Å². The summed E-state index contributed by atoms with van der Waals surface area (Å²) in [7, 11) is 0. The molecule has 1 rings (SSSR count). The normalized spacial score (nSPS) is 10.2. The fourth-order valence-corrected chi connectivity index (χ4v) is 1.00. The highest BCUT2D eigenvalue weighted by Crippen LogP contribution is 2.18. The van der Waals surface area contributed by atoms with Crippen LogP contribution in [0.25, 0.3) is 0 Å². The molecule has 13 heavy (non-hydrogen) atoms. The van der Waals surface area contributed by atoms with Gasteiger partial charge in [0.15, 0.2) is 5.78 Å². The van der Waals surface area contributed by atoms with Gasteiger partial charge in [0, 0.05) is 12.4 Å². The van der Waals surface area contributed by atoms with Gasteiger partial charge in [0.05, 0.1) is 11.7 Å². The first-order valence-electron chi connectivity index (χ1n) is 4.23. The minimum atomic E-state index is -0.0243. The predicted octanol–water partition coefficient (Wildman–Crippen LogP) is 2.07. The molecule has 3 heteroatoms. The maximum absolute atomic E-state index is 11.1. The molecule has 0 aromatic carbocycles. The maximum Gasteiger partial charge on any atom is 0.165 e. The Hall–Kier alpha value is -1.38. The molecule has 0 unspecified atom stereocenters. The number of rotatable bonds is 3. The zero-order valence-corrected chi connectivity index (χ0v) is 8.07. The van der Waals surface area contributed by atoms with Crippen molar-refractivity contribution in [1.82, 2.24) is 4.98 Å². The number of ether oxygens (including phenoxy) is 1. The van der Waals surface area contributed by atoms with Gasteiger partial charge in [0.1, 0.15) is 5.75 Å². The van der Waals surface area contributed by atoms with Crippen LogP contribution in [-0.4, -0.2) is 16.9 Å². The molecule has 0 bridgehead atoms. The molecule has 0 amide bonds. The second-order valence-electron chi connectivity index (χ2n) is 3.09. The number of hydrogen-bond acceptors (Lipinski definition) is 3. The molecule has 0 N–H and O–H groups in total. The lowest BCUT2D eigenvalue weighted by atomic mass is 10.2. The van der Waals surface area contributed by atoms with Crippen LogP contribution in [0.4, 0.5) is 0 Å². The van der Waals surface area contributed by atoms with Crippen molar-refractivity contribution in [3.63, 3.8) is 0 Å². The van der Waals surface area contributed by atoms with Crippen molar-refractivity contribution in [3.05, 3.63) is 24.0 Å². The van der Waals surface area contributed by atoms with Crippen LogP contribution in [0.15, 0.2) is 18.5 Å². The van der Waals surface area contributed by atoms with E-state index in [1.165, 1.54) is 13.1 Å². The molecule has 1 heterocycles. The number of carbonyl (C=O) groups excluding carboxylic acids is 1. The largest absolute Gasteiger partial charge is 0.490 e. The van der Waals surface area contributed by atoms with Gasteiger partial charge in [0.2, 0.25) is 0 Å². The summed E-state index contributed by atoms with van der Waals surface area (Å²) >= 11 is 0. The summed E-state index contributed by atoms with van der Waals surface area (Å²) in [6, 6.07) is 1.71. The van der Waals surface area contributed by atoms with E-state index in [4.69, 9.17) is 4.74 Å². The van der Waals surface area contributed by atoms with Gasteiger partial charge in [-0.3, -0.25) is 9.78 Å². The van der Waals surface area contributed by atoms with Gasteiger partial charge in [-0.2, -0.15) is 0 Å². The molecule has 70 valence electrons. The molecular formula is C10H13NO2. The second kappa shape index (κ2) is 4.03. The van der Waals surface area contributed by atoms with Crippen LogP contribution in [0.3, 0.4) is 0 Å². The molecule has 0 aliphatic heterocycles. The number of pyridine rings is 1. The maximum atomic E-state index is 11.1. The molecule has 0 saturated heterocycles. The fourth-order valence-electron chi connectivity index (χ4n) is 1.00. The first kappa shape index (κ1) is 9.71. The molecule has 3 nitrogen and oxygen atoms in total. The SMILES string of the molecule is CC(=O)c1cnccc1OC(C)C. The lowest BCUT2D eigenvalue weighted by Gasteiger charge is -2.11. The van der Waals surface area contributed by atoms with Gasteiger partial charge in [0.25, 0.3) is 0 Å². The minimum absolute atomic E-state index is 0.0243. The van der Waals surface area contributed by atoms with Crippen molar-refractivity contribution in [2.24, 2.45) is 0 Å². The van der Waals surface area contributed by atoms with E-state index < -0.39 is 0 Å². The van der Waals surface area contributed by atoms with Crippen LogP contribution in [0.2, 0.25) is 0 Å². The van der Waals surface area contributed by atoms with E-state index >= 15 is 0 Å². The van der Waals surface area contributed by atoms with E-state index in [1.807, 2.05) is 13.8 Å². The van der Waals surface area contributed by atoms with Crippen molar-refractivity contribution in [2.45, 2.75) is 26.9 Å². The second-order valence-corrected chi connectivity index (χ2v) is 3.09. The summed E-state index contributed by atoms with van der Waals surface area (Å²) in [5.41, 5.74) is 0.538. The molecule has 0 aliphatic rings. The number of aromatic nitrogens is 1. The predicted molar refractivity (Wildman–Crippen MR) is 50.0 cm³/mol. The van der Waals surface area contributed by atoms with Crippen LogP contribution >= 0.6 is 0 Å². The number of hydrogen-bond donors (Lipinski definition) is 0. The first-order valence-corrected chi connectivity index (χ1v) is 4.23. The highest BCUT2D eigenvalue weighted by atomic mass is 16.5. The smallest absolute Gasteiger partial charge is 0.165 e. The van der Waals surface area contributed by atoms with Crippen molar-refractivity contribution < 1.29 is 9.53 Å². The van der Waals surface area contributed by atoms with Gasteiger partial charge >= 0.3 is 0 Å². The van der Waals surface area contributed by atoms with Crippen LogP contribution in [0.5, 0.6) is 5.75 Å². The van der Waals surface area contributed by atoms with Crippen LogP contribution < -0.4 is 4.74 Å². The Morgan fingerprint density at radius 3 is 2.77 bits per heavy atom. The Bertz CT molecular complexity index is 308. The standard InChI is InChI=1S/C10H13NO2/c1-7(2)13-10-4-5-11-6-9(10)8(3)12/h4-7H,1-3H3. The van der Waals surface area contributed by atoms with Crippen LogP contribution in [0.1, 0.15) is 31.1 Å². The number of Topliss-reactive ketones (excluding diaryl/α,β-unsaturated/α-hetero) is 1. The summed E-state index contributed by atoms with van der Waals surface area (Å²) in [5, 5.41) is 0. The van der Waals surface area contributed by atoms with Gasteiger partial charge in [-0.25, -0.2) is 0 Å². The molecule has 1 aromatic rings. The molecule has 0 fully saturated rings. The lowest BCUT2D eigenvalue weighted by molar-refractivity contribution is 0.101. The Labute approximate surface area is 77.8 Å². The molecule has 0 spiro atoms. The van der Waals surface area contributed by atoms with Gasteiger partial charge < -0.3 is 4.74 Å². The zero-order chi connectivity index (χ0) is 9.84.